The first-order valence-electron chi connectivity index (χ1n) is 9.43. The van der Waals surface area contributed by atoms with Crippen LogP contribution in [0, 0.1) is 0 Å². The minimum absolute atomic E-state index is 0.282. The number of hydrogen-bond donors (Lipinski definition) is 1. The van der Waals surface area contributed by atoms with Gasteiger partial charge < -0.3 is 19.5 Å². The van der Waals surface area contributed by atoms with E-state index in [1.165, 1.54) is 26.0 Å². The standard InChI is InChI=1S/C20H25N3O5/c1-3-27-16-9-8-14(12-17(16)26-2)20(25)28-13-19(24)22-18-10-11-21-23(18)15-6-4-5-7-15/h8-12,15H,3-7,13H2,1-2H3,(H,22,24). The molecule has 1 N–H and O–H groups in total. The monoisotopic (exact) mass is 387 g/mol. The molecule has 1 amide bonds. The van der Waals surface area contributed by atoms with Gasteiger partial charge in [0.1, 0.15) is 5.82 Å². The second kappa shape index (κ2) is 9.25. The molecule has 1 aliphatic rings. The van der Waals surface area contributed by atoms with Crippen molar-refractivity contribution >= 4 is 17.7 Å². The third kappa shape index (κ3) is 4.62. The number of ether oxygens (including phenoxy) is 3. The van der Waals surface area contributed by atoms with Crippen molar-refractivity contribution in [2.45, 2.75) is 38.6 Å². The van der Waals surface area contributed by atoms with Crippen LogP contribution in [0.4, 0.5) is 5.82 Å². The van der Waals surface area contributed by atoms with Gasteiger partial charge in [-0.3, -0.25) is 4.79 Å². The Bertz CT molecular complexity index is 827. The molecule has 8 heteroatoms. The predicted molar refractivity (Wildman–Crippen MR) is 103 cm³/mol. The van der Waals surface area contributed by atoms with E-state index in [0.29, 0.717) is 30.0 Å². The highest BCUT2D eigenvalue weighted by Gasteiger charge is 2.21. The molecule has 1 aliphatic carbocycles. The fourth-order valence-corrected chi connectivity index (χ4v) is 3.32. The summed E-state index contributed by atoms with van der Waals surface area (Å²) in [6, 6.07) is 6.79. The van der Waals surface area contributed by atoms with Gasteiger partial charge >= 0.3 is 5.97 Å². The van der Waals surface area contributed by atoms with Crippen molar-refractivity contribution in [1.29, 1.82) is 0 Å². The largest absolute Gasteiger partial charge is 0.493 e. The van der Waals surface area contributed by atoms with Gasteiger partial charge in [-0.25, -0.2) is 9.48 Å². The Hall–Kier alpha value is -3.03. The minimum Gasteiger partial charge on any atom is -0.493 e. The number of carbonyl (C=O) groups excluding carboxylic acids is 2. The Morgan fingerprint density at radius 3 is 2.71 bits per heavy atom. The summed E-state index contributed by atoms with van der Waals surface area (Å²) in [5, 5.41) is 7.07. The van der Waals surface area contributed by atoms with Gasteiger partial charge in [-0.2, -0.15) is 5.10 Å². The van der Waals surface area contributed by atoms with E-state index in [2.05, 4.69) is 10.4 Å². The number of amides is 1. The number of benzene rings is 1. The molecule has 1 heterocycles. The van der Waals surface area contributed by atoms with Crippen molar-refractivity contribution in [2.24, 2.45) is 0 Å². The molecule has 150 valence electrons. The summed E-state index contributed by atoms with van der Waals surface area (Å²) in [7, 11) is 1.49. The Kier molecular flexibility index (Phi) is 6.52. The van der Waals surface area contributed by atoms with Crippen LogP contribution in [0.5, 0.6) is 11.5 Å². The molecule has 1 aromatic heterocycles. The Balaban J connectivity index is 1.56. The highest BCUT2D eigenvalue weighted by Crippen LogP contribution is 2.31. The molecule has 0 bridgehead atoms. The second-order valence-electron chi connectivity index (χ2n) is 6.52. The predicted octanol–water partition coefficient (Wildman–Crippen LogP) is 3.20. The van der Waals surface area contributed by atoms with E-state index in [1.54, 1.807) is 24.4 Å². The second-order valence-corrected chi connectivity index (χ2v) is 6.52. The maximum Gasteiger partial charge on any atom is 0.338 e. The van der Waals surface area contributed by atoms with E-state index in [9.17, 15) is 9.59 Å². The van der Waals surface area contributed by atoms with Gasteiger partial charge in [-0.05, 0) is 38.0 Å². The van der Waals surface area contributed by atoms with Gasteiger partial charge in [-0.1, -0.05) is 12.8 Å². The molecule has 2 aromatic rings. The quantitative estimate of drug-likeness (QED) is 0.700. The fraction of sp³-hybridized carbons (Fsp3) is 0.450. The average molecular weight is 387 g/mol. The molecule has 0 spiro atoms. The van der Waals surface area contributed by atoms with Crippen molar-refractivity contribution in [1.82, 2.24) is 9.78 Å². The number of anilines is 1. The first-order valence-corrected chi connectivity index (χ1v) is 9.43. The van der Waals surface area contributed by atoms with E-state index in [1.807, 2.05) is 11.6 Å². The van der Waals surface area contributed by atoms with E-state index < -0.39 is 11.9 Å². The molecule has 1 aromatic carbocycles. The number of carbonyl (C=O) groups is 2. The topological polar surface area (TPSA) is 91.7 Å². The average Bonchev–Trinajstić information content (AvgIpc) is 3.38. The lowest BCUT2D eigenvalue weighted by Gasteiger charge is -2.14. The summed E-state index contributed by atoms with van der Waals surface area (Å²) >= 11 is 0. The third-order valence-electron chi connectivity index (χ3n) is 4.64. The first-order chi connectivity index (χ1) is 13.6. The van der Waals surface area contributed by atoms with E-state index in [0.717, 1.165) is 12.8 Å². The van der Waals surface area contributed by atoms with Crippen molar-refractivity contribution in [2.75, 3.05) is 25.6 Å². The van der Waals surface area contributed by atoms with Crippen molar-refractivity contribution < 1.29 is 23.8 Å². The van der Waals surface area contributed by atoms with Gasteiger partial charge in [0, 0.05) is 6.07 Å². The van der Waals surface area contributed by atoms with Crippen molar-refractivity contribution in [3.63, 3.8) is 0 Å². The zero-order valence-electron chi connectivity index (χ0n) is 16.1. The lowest BCUT2D eigenvalue weighted by Crippen LogP contribution is -2.23. The zero-order valence-corrected chi connectivity index (χ0v) is 16.1. The maximum absolute atomic E-state index is 12.2. The van der Waals surface area contributed by atoms with Crippen LogP contribution in [0.1, 0.15) is 49.0 Å². The molecule has 28 heavy (non-hydrogen) atoms. The molecule has 1 saturated carbocycles. The lowest BCUT2D eigenvalue weighted by molar-refractivity contribution is -0.119. The van der Waals surface area contributed by atoms with Gasteiger partial charge in [-0.15, -0.1) is 0 Å². The van der Waals surface area contributed by atoms with Gasteiger partial charge in [0.15, 0.2) is 18.1 Å². The molecular formula is C20H25N3O5. The number of hydrogen-bond acceptors (Lipinski definition) is 6. The maximum atomic E-state index is 12.2. The molecule has 3 rings (SSSR count). The SMILES string of the molecule is CCOc1ccc(C(=O)OCC(=O)Nc2ccnn2C2CCCC2)cc1OC. The first kappa shape index (κ1) is 19.7. The van der Waals surface area contributed by atoms with E-state index in [-0.39, 0.29) is 12.2 Å². The summed E-state index contributed by atoms with van der Waals surface area (Å²) in [5.41, 5.74) is 0.282. The van der Waals surface area contributed by atoms with Crippen molar-refractivity contribution in [3.05, 3.63) is 36.0 Å². The Labute approximate surface area is 163 Å². The molecule has 0 aliphatic heterocycles. The van der Waals surface area contributed by atoms with Crippen molar-refractivity contribution in [3.8, 4) is 11.5 Å². The fourth-order valence-electron chi connectivity index (χ4n) is 3.32. The molecule has 0 saturated heterocycles. The van der Waals surface area contributed by atoms with Crippen LogP contribution < -0.4 is 14.8 Å². The van der Waals surface area contributed by atoms with Gasteiger partial charge in [0.2, 0.25) is 0 Å². The summed E-state index contributed by atoms with van der Waals surface area (Å²) in [4.78, 5) is 24.5. The van der Waals surface area contributed by atoms with E-state index >= 15 is 0 Å². The highest BCUT2D eigenvalue weighted by molar-refractivity contribution is 5.95. The van der Waals surface area contributed by atoms with Crippen LogP contribution in [0.15, 0.2) is 30.5 Å². The summed E-state index contributed by atoms with van der Waals surface area (Å²) < 4.78 is 17.6. The minimum atomic E-state index is -0.610. The zero-order chi connectivity index (χ0) is 19.9. The molecular weight excluding hydrogens is 362 g/mol. The number of methoxy groups -OCH3 is 1. The lowest BCUT2D eigenvalue weighted by atomic mass is 10.2. The van der Waals surface area contributed by atoms with Gasteiger partial charge in [0.05, 0.1) is 31.5 Å². The van der Waals surface area contributed by atoms with Crippen LogP contribution >= 0.6 is 0 Å². The van der Waals surface area contributed by atoms with Gasteiger partial charge in [0.25, 0.3) is 5.91 Å². The molecule has 0 atom stereocenters. The van der Waals surface area contributed by atoms with Crippen LogP contribution in [-0.4, -0.2) is 42.0 Å². The van der Waals surface area contributed by atoms with Crippen LogP contribution in [0.25, 0.3) is 0 Å². The third-order valence-corrected chi connectivity index (χ3v) is 4.64. The highest BCUT2D eigenvalue weighted by atomic mass is 16.5. The summed E-state index contributed by atoms with van der Waals surface area (Å²) in [6.45, 7) is 1.96. The Morgan fingerprint density at radius 1 is 1.21 bits per heavy atom. The van der Waals surface area contributed by atoms with Crippen LogP contribution in [-0.2, 0) is 9.53 Å². The molecule has 0 radical (unpaired) electrons. The number of aromatic nitrogens is 2. The smallest absolute Gasteiger partial charge is 0.338 e. The van der Waals surface area contributed by atoms with Crippen LogP contribution in [0.2, 0.25) is 0 Å². The summed E-state index contributed by atoms with van der Waals surface area (Å²) in [6.07, 6.45) is 6.10. The van der Waals surface area contributed by atoms with Crippen LogP contribution in [0.3, 0.4) is 0 Å². The molecule has 0 unspecified atom stereocenters. The number of nitrogens with one attached hydrogen (secondary N) is 1. The Morgan fingerprint density at radius 2 is 2.00 bits per heavy atom. The molecule has 1 fully saturated rings. The number of rotatable bonds is 8. The molecule has 8 nitrogen and oxygen atoms in total. The summed E-state index contributed by atoms with van der Waals surface area (Å²) in [5.74, 6) is 0.572. The normalized spacial score (nSPS) is 13.9. The number of esters is 1. The number of nitrogens with zero attached hydrogens (tertiary/aromatic N) is 2. The van der Waals surface area contributed by atoms with E-state index in [4.69, 9.17) is 14.2 Å².